The van der Waals surface area contributed by atoms with Crippen molar-refractivity contribution < 1.29 is 23.1 Å². The second kappa shape index (κ2) is 10.9. The van der Waals surface area contributed by atoms with Crippen molar-refractivity contribution in [1.29, 1.82) is 0 Å². The van der Waals surface area contributed by atoms with Crippen molar-refractivity contribution in [2.24, 2.45) is 5.73 Å². The minimum absolute atomic E-state index is 0.510. The molecule has 0 bridgehead atoms. The number of aliphatic carboxylic acids is 1. The van der Waals surface area contributed by atoms with Crippen LogP contribution in [0.5, 0.6) is 0 Å². The smallest absolute Gasteiger partial charge is 0.475 e. The first-order chi connectivity index (χ1) is 16.1. The summed E-state index contributed by atoms with van der Waals surface area (Å²) < 4.78 is 31.7. The van der Waals surface area contributed by atoms with Gasteiger partial charge in [-0.05, 0) is 29.8 Å². The van der Waals surface area contributed by atoms with Gasteiger partial charge in [-0.1, -0.05) is 18.5 Å². The van der Waals surface area contributed by atoms with E-state index < -0.39 is 12.1 Å². The molecule has 0 aliphatic heterocycles. The quantitative estimate of drug-likeness (QED) is 0.416. The molecule has 0 saturated heterocycles. The molecule has 0 spiro atoms. The lowest BCUT2D eigenvalue weighted by molar-refractivity contribution is -0.192. The molecule has 0 aromatic carbocycles. The van der Waals surface area contributed by atoms with Crippen molar-refractivity contribution in [2.45, 2.75) is 36.0 Å². The Bertz CT molecular complexity index is 1240. The number of nitrogens with zero attached hydrogens (tertiary/aromatic N) is 5. The van der Waals surface area contributed by atoms with Gasteiger partial charge in [0.1, 0.15) is 11.3 Å². The molecule has 0 fully saturated rings. The number of nitrogens with one attached hydrogen (secondary N) is 1. The SMILES string of the molecule is CCC1=C(Cl)c2c(nc(Sc3cnc4nccnc4c3)nc2NCCN)C1.O=C(O)C(F)(F)F. The van der Waals surface area contributed by atoms with E-state index in [0.29, 0.717) is 23.9 Å². The van der Waals surface area contributed by atoms with Gasteiger partial charge in [-0.15, -0.1) is 0 Å². The highest BCUT2D eigenvalue weighted by molar-refractivity contribution is 7.99. The molecule has 3 aromatic rings. The summed E-state index contributed by atoms with van der Waals surface area (Å²) in [7, 11) is 0. The topological polar surface area (TPSA) is 140 Å². The number of carbonyl (C=O) groups is 1. The van der Waals surface area contributed by atoms with Gasteiger partial charge in [-0.2, -0.15) is 13.2 Å². The van der Waals surface area contributed by atoms with Crippen LogP contribution in [0.15, 0.2) is 40.3 Å². The van der Waals surface area contributed by atoms with Crippen molar-refractivity contribution in [1.82, 2.24) is 24.9 Å². The van der Waals surface area contributed by atoms with E-state index in [-0.39, 0.29) is 0 Å². The summed E-state index contributed by atoms with van der Waals surface area (Å²) >= 11 is 8.01. The molecule has 4 rings (SSSR count). The zero-order chi connectivity index (χ0) is 24.9. The Balaban J connectivity index is 0.000000406. The van der Waals surface area contributed by atoms with E-state index in [2.05, 4.69) is 32.2 Å². The molecular weight excluding hydrogens is 495 g/mol. The average Bonchev–Trinajstić information content (AvgIpc) is 3.12. The third-order valence-electron chi connectivity index (χ3n) is 4.49. The fourth-order valence-electron chi connectivity index (χ4n) is 2.94. The van der Waals surface area contributed by atoms with Gasteiger partial charge in [0.2, 0.25) is 0 Å². The Hall–Kier alpha value is -3.03. The van der Waals surface area contributed by atoms with Crippen LogP contribution < -0.4 is 11.1 Å². The van der Waals surface area contributed by atoms with E-state index in [1.807, 2.05) is 6.07 Å². The van der Waals surface area contributed by atoms with Crippen LogP contribution in [0, 0.1) is 0 Å². The first kappa shape index (κ1) is 25.6. The van der Waals surface area contributed by atoms with Gasteiger partial charge in [0.05, 0.1) is 16.3 Å². The number of carboxylic acids is 1. The molecule has 0 unspecified atom stereocenters. The minimum Gasteiger partial charge on any atom is -0.475 e. The van der Waals surface area contributed by atoms with Gasteiger partial charge in [0.25, 0.3) is 0 Å². The van der Waals surface area contributed by atoms with E-state index in [1.165, 1.54) is 17.3 Å². The zero-order valence-electron chi connectivity index (χ0n) is 17.7. The molecule has 34 heavy (non-hydrogen) atoms. The first-order valence-corrected chi connectivity index (χ1v) is 11.1. The molecule has 9 nitrogen and oxygen atoms in total. The number of halogens is 4. The summed E-state index contributed by atoms with van der Waals surface area (Å²) in [6.45, 7) is 3.23. The number of pyridine rings is 1. The number of allylic oxidation sites excluding steroid dienone is 1. The molecule has 0 atom stereocenters. The standard InChI is InChI=1S/C18H18ClN7S.C2HF3O2/c1-2-10-7-12-14(15(10)19)17(22-4-3-20)26-18(25-12)27-11-8-13-16(24-9-11)23-6-5-21-13;3-2(4,5)1(6)7/h5-6,8-9H,2-4,7,20H2,1H3,(H,22,25,26);(H,6,7). The fraction of sp³-hybridized carbons (Fsp3) is 0.300. The molecule has 1 aliphatic rings. The number of aromatic nitrogens is 5. The summed E-state index contributed by atoms with van der Waals surface area (Å²) in [5.41, 5.74) is 10.0. The first-order valence-electron chi connectivity index (χ1n) is 9.91. The lowest BCUT2D eigenvalue weighted by Crippen LogP contribution is -2.21. The van der Waals surface area contributed by atoms with E-state index in [0.717, 1.165) is 45.4 Å². The van der Waals surface area contributed by atoms with E-state index in [4.69, 9.17) is 32.2 Å². The zero-order valence-corrected chi connectivity index (χ0v) is 19.3. The third kappa shape index (κ3) is 6.10. The molecule has 0 amide bonds. The molecule has 180 valence electrons. The van der Waals surface area contributed by atoms with Crippen molar-refractivity contribution in [3.8, 4) is 0 Å². The maximum absolute atomic E-state index is 10.6. The maximum Gasteiger partial charge on any atom is 0.490 e. The number of carboxylic acid groups (broad SMARTS) is 1. The third-order valence-corrected chi connectivity index (χ3v) is 5.77. The molecule has 3 aromatic heterocycles. The summed E-state index contributed by atoms with van der Waals surface area (Å²) in [6, 6.07) is 1.94. The fourth-order valence-corrected chi connectivity index (χ4v) is 4.12. The Morgan fingerprint density at radius 3 is 2.62 bits per heavy atom. The van der Waals surface area contributed by atoms with Gasteiger partial charge in [0.15, 0.2) is 10.8 Å². The summed E-state index contributed by atoms with van der Waals surface area (Å²) in [5.74, 6) is -2.03. The van der Waals surface area contributed by atoms with Crippen LogP contribution in [-0.4, -0.2) is 55.3 Å². The Kier molecular flexibility index (Phi) is 8.23. The number of nitrogens with two attached hydrogens (primary N) is 1. The molecule has 4 N–H and O–H groups in total. The lowest BCUT2D eigenvalue weighted by atomic mass is 10.2. The molecule has 0 radical (unpaired) electrons. The Morgan fingerprint density at radius 1 is 1.26 bits per heavy atom. The van der Waals surface area contributed by atoms with Crippen LogP contribution in [0.3, 0.4) is 0 Å². The Morgan fingerprint density at radius 2 is 1.97 bits per heavy atom. The normalized spacial score (nSPS) is 12.9. The van der Waals surface area contributed by atoms with E-state index in [1.54, 1.807) is 18.6 Å². The molecule has 14 heteroatoms. The van der Waals surface area contributed by atoms with Gasteiger partial charge < -0.3 is 16.2 Å². The number of anilines is 1. The van der Waals surface area contributed by atoms with Crippen molar-refractivity contribution in [2.75, 3.05) is 18.4 Å². The number of hydrogen-bond acceptors (Lipinski definition) is 9. The maximum atomic E-state index is 10.6. The van der Waals surface area contributed by atoms with Gasteiger partial charge in [-0.25, -0.2) is 24.7 Å². The van der Waals surface area contributed by atoms with Gasteiger partial charge in [0, 0.05) is 43.0 Å². The average molecular weight is 514 g/mol. The highest BCUT2D eigenvalue weighted by atomic mass is 35.5. The van der Waals surface area contributed by atoms with Crippen LogP contribution in [0.2, 0.25) is 0 Å². The monoisotopic (exact) mass is 513 g/mol. The molecular formula is C20H19ClF3N7O2S. The van der Waals surface area contributed by atoms with Crippen LogP contribution in [-0.2, 0) is 11.2 Å². The summed E-state index contributed by atoms with van der Waals surface area (Å²) in [6.07, 6.45) is 1.59. The number of fused-ring (bicyclic) bond motifs is 2. The summed E-state index contributed by atoms with van der Waals surface area (Å²) in [5, 5.41) is 11.8. The van der Waals surface area contributed by atoms with Crippen LogP contribution in [0.4, 0.5) is 19.0 Å². The molecule has 3 heterocycles. The van der Waals surface area contributed by atoms with Crippen molar-refractivity contribution >= 4 is 51.3 Å². The van der Waals surface area contributed by atoms with Crippen molar-refractivity contribution in [3.63, 3.8) is 0 Å². The second-order valence-electron chi connectivity index (χ2n) is 6.81. The van der Waals surface area contributed by atoms with E-state index in [9.17, 15) is 13.2 Å². The van der Waals surface area contributed by atoms with Crippen molar-refractivity contribution in [3.05, 3.63) is 41.5 Å². The van der Waals surface area contributed by atoms with Crippen LogP contribution in [0.25, 0.3) is 16.2 Å². The highest BCUT2D eigenvalue weighted by Gasteiger charge is 2.38. The van der Waals surface area contributed by atoms with Gasteiger partial charge >= 0.3 is 12.1 Å². The highest BCUT2D eigenvalue weighted by Crippen LogP contribution is 2.41. The lowest BCUT2D eigenvalue weighted by Gasteiger charge is -2.12. The van der Waals surface area contributed by atoms with Crippen LogP contribution >= 0.6 is 23.4 Å². The number of hydrogen-bond donors (Lipinski definition) is 3. The van der Waals surface area contributed by atoms with Gasteiger partial charge in [-0.3, -0.25) is 4.98 Å². The van der Waals surface area contributed by atoms with E-state index >= 15 is 0 Å². The van der Waals surface area contributed by atoms with Crippen LogP contribution in [0.1, 0.15) is 24.6 Å². The predicted octanol–water partition coefficient (Wildman–Crippen LogP) is 3.89. The Labute approximate surface area is 201 Å². The molecule has 1 aliphatic carbocycles. The minimum atomic E-state index is -5.08. The predicted molar refractivity (Wildman–Crippen MR) is 121 cm³/mol. The molecule has 0 saturated carbocycles. The number of rotatable bonds is 6. The largest absolute Gasteiger partial charge is 0.490 e. The number of alkyl halides is 3. The second-order valence-corrected chi connectivity index (χ2v) is 8.23. The summed E-state index contributed by atoms with van der Waals surface area (Å²) in [4.78, 5) is 32.1.